The van der Waals surface area contributed by atoms with Gasteiger partial charge in [0.1, 0.15) is 11.2 Å². The molecule has 0 saturated heterocycles. The molecule has 240 valence electrons. The van der Waals surface area contributed by atoms with E-state index in [0.717, 1.165) is 50.4 Å². The first-order valence-electron chi connectivity index (χ1n) is 16.6. The second-order valence-electron chi connectivity index (χ2n) is 12.0. The van der Waals surface area contributed by atoms with E-state index in [1.165, 1.54) is 0 Å². The van der Waals surface area contributed by atoms with E-state index >= 15 is 0 Å². The second kappa shape index (κ2) is 14.2. The highest BCUT2D eigenvalue weighted by Crippen LogP contribution is 2.44. The topological polar surface area (TPSA) is 21.7 Å². The molecule has 0 saturated carbocycles. The molecule has 0 amide bonds. The minimum atomic E-state index is -0.863. The number of hydrogen-bond donors (Lipinski definition) is 0. The van der Waals surface area contributed by atoms with Crippen LogP contribution in [0.4, 0.5) is 17.1 Å². The van der Waals surface area contributed by atoms with Gasteiger partial charge in [-0.3, -0.25) is 0 Å². The highest BCUT2D eigenvalue weighted by Gasteiger charge is 2.39. The van der Waals surface area contributed by atoms with Crippen LogP contribution >= 0.6 is 0 Å². The average molecular weight is 638 g/mol. The maximum absolute atomic E-state index is 6.64. The third-order valence-corrected chi connectivity index (χ3v) is 9.41. The summed E-state index contributed by atoms with van der Waals surface area (Å²) in [5.41, 5.74) is 7.86. The quantitative estimate of drug-likeness (QED) is 0.132. The van der Waals surface area contributed by atoms with Gasteiger partial charge in [0.25, 0.3) is 0 Å². The Hall–Kier alpha value is -5.74. The molecule has 3 nitrogen and oxygen atoms in total. The van der Waals surface area contributed by atoms with Crippen LogP contribution in [0.5, 0.6) is 0 Å². The molecule has 7 aromatic rings. The van der Waals surface area contributed by atoms with Crippen LogP contribution < -0.4 is 4.90 Å². The Morgan fingerprint density at radius 2 is 0.510 bits per heavy atom. The fourth-order valence-corrected chi connectivity index (χ4v) is 7.11. The highest BCUT2D eigenvalue weighted by atomic mass is 16.5. The molecule has 0 radical (unpaired) electrons. The Morgan fingerprint density at radius 3 is 0.796 bits per heavy atom. The van der Waals surface area contributed by atoms with Crippen LogP contribution in [0.15, 0.2) is 200 Å². The van der Waals surface area contributed by atoms with Gasteiger partial charge in [0.15, 0.2) is 0 Å². The first-order chi connectivity index (χ1) is 24.2. The van der Waals surface area contributed by atoms with Gasteiger partial charge in [0, 0.05) is 31.3 Å². The van der Waals surface area contributed by atoms with E-state index in [1.54, 1.807) is 14.2 Å². The Bertz CT molecular complexity index is 1970. The van der Waals surface area contributed by atoms with Gasteiger partial charge < -0.3 is 14.4 Å². The third-order valence-electron chi connectivity index (χ3n) is 9.41. The summed E-state index contributed by atoms with van der Waals surface area (Å²) in [5.74, 6) is 0. The molecule has 0 N–H and O–H groups in total. The van der Waals surface area contributed by atoms with E-state index in [4.69, 9.17) is 9.47 Å². The van der Waals surface area contributed by atoms with Crippen molar-refractivity contribution in [3.05, 3.63) is 234 Å². The van der Waals surface area contributed by atoms with Gasteiger partial charge in [-0.2, -0.15) is 0 Å². The van der Waals surface area contributed by atoms with Crippen molar-refractivity contribution in [3.63, 3.8) is 0 Å². The normalized spacial score (nSPS) is 12.6. The zero-order valence-corrected chi connectivity index (χ0v) is 27.8. The smallest absolute Gasteiger partial charge is 0.143 e. The Labute approximate surface area is 289 Å². The van der Waals surface area contributed by atoms with Gasteiger partial charge in [0.05, 0.1) is 0 Å². The summed E-state index contributed by atoms with van der Waals surface area (Å²) in [6.07, 6.45) is 0. The van der Waals surface area contributed by atoms with Gasteiger partial charge in [-0.15, -0.1) is 0 Å². The van der Waals surface area contributed by atoms with Crippen molar-refractivity contribution < 1.29 is 9.47 Å². The molecule has 49 heavy (non-hydrogen) atoms. The maximum atomic E-state index is 6.64. The van der Waals surface area contributed by atoms with Gasteiger partial charge in [-0.05, 0) is 69.8 Å². The third kappa shape index (κ3) is 5.84. The molecule has 0 fully saturated rings. The Kier molecular flexibility index (Phi) is 9.21. The number of anilines is 3. The number of benzene rings is 7. The van der Waals surface area contributed by atoms with Gasteiger partial charge in [0.2, 0.25) is 0 Å². The van der Waals surface area contributed by atoms with Crippen LogP contribution in [-0.4, -0.2) is 14.2 Å². The molecule has 0 aliphatic carbocycles. The predicted octanol–water partition coefficient (Wildman–Crippen LogP) is 11.0. The zero-order valence-electron chi connectivity index (χ0n) is 27.8. The number of nitrogens with zero attached hydrogens (tertiary/aromatic N) is 1. The number of hydrogen-bond acceptors (Lipinski definition) is 3. The lowest BCUT2D eigenvalue weighted by molar-refractivity contribution is 0.0555. The predicted molar refractivity (Wildman–Crippen MR) is 201 cm³/mol. The number of methoxy groups -OCH3 is 2. The van der Waals surface area contributed by atoms with Crippen LogP contribution in [0.1, 0.15) is 33.4 Å². The highest BCUT2D eigenvalue weighted by molar-refractivity contribution is 5.76. The van der Waals surface area contributed by atoms with Gasteiger partial charge in [-0.1, -0.05) is 164 Å². The van der Waals surface area contributed by atoms with Crippen LogP contribution in [0.3, 0.4) is 0 Å². The second-order valence-corrected chi connectivity index (χ2v) is 12.0. The van der Waals surface area contributed by atoms with E-state index in [9.17, 15) is 0 Å². The fourth-order valence-electron chi connectivity index (χ4n) is 7.11. The molecular formula is C46H39NO2. The SMILES string of the molecule is COC(c1ccccc1)(c1ccccc1)c1ccc(C(OC)(c2ccccc2)c2ccc(N(c3ccccc3)c3ccccc3)cc2)cc1. The molecule has 0 bridgehead atoms. The van der Waals surface area contributed by atoms with Crippen molar-refractivity contribution in [2.45, 2.75) is 11.2 Å². The standard InChI is InChI=1S/C46H39NO2/c1-48-45(36-18-8-3-9-19-36,37-20-10-4-11-21-37)39-28-30-40(31-29-39)46(49-2,38-22-12-5-13-23-38)41-32-34-44(35-33-41)47(42-24-14-6-15-25-42)43-26-16-7-17-27-43/h3-35H,1-2H3. The summed E-state index contributed by atoms with van der Waals surface area (Å²) in [7, 11) is 3.58. The van der Waals surface area contributed by atoms with E-state index in [0.29, 0.717) is 0 Å². The van der Waals surface area contributed by atoms with E-state index in [-0.39, 0.29) is 0 Å². The molecule has 1 atom stereocenters. The summed E-state index contributed by atoms with van der Waals surface area (Å²) in [6, 6.07) is 69.7. The van der Waals surface area contributed by atoms with Crippen LogP contribution in [-0.2, 0) is 20.7 Å². The molecule has 3 heteroatoms. The lowest BCUT2D eigenvalue weighted by atomic mass is 9.77. The number of ether oxygens (including phenoxy) is 2. The lowest BCUT2D eigenvalue weighted by Gasteiger charge is -2.37. The summed E-state index contributed by atoms with van der Waals surface area (Å²) in [4.78, 5) is 2.27. The molecule has 7 rings (SSSR count). The minimum Gasteiger partial charge on any atom is -0.364 e. The molecular weight excluding hydrogens is 599 g/mol. The Morgan fingerprint density at radius 1 is 0.286 bits per heavy atom. The van der Waals surface area contributed by atoms with Crippen LogP contribution in [0.2, 0.25) is 0 Å². The summed E-state index contributed by atoms with van der Waals surface area (Å²) >= 11 is 0. The lowest BCUT2D eigenvalue weighted by Crippen LogP contribution is -2.33. The summed E-state index contributed by atoms with van der Waals surface area (Å²) in [6.45, 7) is 0. The number of rotatable bonds is 11. The van der Waals surface area contributed by atoms with Gasteiger partial charge in [-0.25, -0.2) is 0 Å². The molecule has 0 aliphatic heterocycles. The van der Waals surface area contributed by atoms with Crippen molar-refractivity contribution >= 4 is 17.1 Å². The first-order valence-corrected chi connectivity index (χ1v) is 16.6. The molecule has 0 aromatic heterocycles. The summed E-state index contributed by atoms with van der Waals surface area (Å²) < 4.78 is 13.1. The molecule has 0 heterocycles. The average Bonchev–Trinajstić information content (AvgIpc) is 3.19. The fraction of sp³-hybridized carbons (Fsp3) is 0.0870. The van der Waals surface area contributed by atoms with Crippen LogP contribution in [0, 0.1) is 0 Å². The monoisotopic (exact) mass is 637 g/mol. The summed E-state index contributed by atoms with van der Waals surface area (Å²) in [5, 5.41) is 0. The van der Waals surface area contributed by atoms with E-state index in [2.05, 4.69) is 175 Å². The molecule has 0 spiro atoms. The zero-order chi connectivity index (χ0) is 33.5. The minimum absolute atomic E-state index is 0.788. The van der Waals surface area contributed by atoms with Gasteiger partial charge >= 0.3 is 0 Å². The molecule has 7 aromatic carbocycles. The van der Waals surface area contributed by atoms with Crippen LogP contribution in [0.25, 0.3) is 0 Å². The first kappa shape index (κ1) is 31.8. The van der Waals surface area contributed by atoms with Crippen molar-refractivity contribution in [1.29, 1.82) is 0 Å². The van der Waals surface area contributed by atoms with Crippen molar-refractivity contribution in [3.8, 4) is 0 Å². The van der Waals surface area contributed by atoms with E-state index < -0.39 is 11.2 Å². The number of para-hydroxylation sites is 2. The maximum Gasteiger partial charge on any atom is 0.143 e. The molecule has 1 unspecified atom stereocenters. The van der Waals surface area contributed by atoms with Crippen molar-refractivity contribution in [1.82, 2.24) is 0 Å². The van der Waals surface area contributed by atoms with E-state index in [1.807, 2.05) is 30.3 Å². The molecule has 0 aliphatic rings. The van der Waals surface area contributed by atoms with Crippen molar-refractivity contribution in [2.75, 3.05) is 19.1 Å². The van der Waals surface area contributed by atoms with Crippen molar-refractivity contribution in [2.24, 2.45) is 0 Å². The Balaban J connectivity index is 1.35. The largest absolute Gasteiger partial charge is 0.364 e.